The number of carboxylic acids is 1. The molecule has 9 heteroatoms. The number of aliphatic carboxylic acids is 1. The van der Waals surface area contributed by atoms with Crippen molar-refractivity contribution in [1.82, 2.24) is 0 Å². The minimum Gasteiger partial charge on any atom is -0.744 e. The lowest BCUT2D eigenvalue weighted by molar-refractivity contribution is -0.850. The van der Waals surface area contributed by atoms with Gasteiger partial charge >= 0.3 is 5.97 Å². The van der Waals surface area contributed by atoms with Gasteiger partial charge < -0.3 is 19.3 Å². The van der Waals surface area contributed by atoms with Crippen LogP contribution >= 0.6 is 0 Å². The number of rotatable bonds is 9. The largest absolute Gasteiger partial charge is 0.744 e. The van der Waals surface area contributed by atoms with Crippen molar-refractivity contribution in [2.45, 2.75) is 102 Å². The zero-order valence-electron chi connectivity index (χ0n) is 28.3. The van der Waals surface area contributed by atoms with Crippen LogP contribution in [0.4, 0.5) is 11.4 Å². The molecule has 0 spiro atoms. The summed E-state index contributed by atoms with van der Waals surface area (Å²) in [5, 5.41) is 9.08. The number of aryl methyl sites for hydroxylation is 1. The Balaban J connectivity index is 1.38. The lowest BCUT2D eigenvalue weighted by atomic mass is 9.80. The van der Waals surface area contributed by atoms with Crippen LogP contribution in [0.2, 0.25) is 0 Å². The smallest absolute Gasteiger partial charge is 0.303 e. The summed E-state index contributed by atoms with van der Waals surface area (Å²) in [6.07, 6.45) is 15.5. The van der Waals surface area contributed by atoms with Crippen LogP contribution in [0, 0.1) is 5.41 Å². The van der Waals surface area contributed by atoms with Crippen molar-refractivity contribution in [2.24, 2.45) is 5.41 Å². The van der Waals surface area contributed by atoms with Crippen LogP contribution in [0.3, 0.4) is 0 Å². The van der Waals surface area contributed by atoms with Crippen LogP contribution in [0.25, 0.3) is 5.57 Å². The minimum absolute atomic E-state index is 0.0259. The zero-order chi connectivity index (χ0) is 33.7. The molecule has 6 rings (SSSR count). The Bertz CT molecular complexity index is 1780. The monoisotopic (exact) mass is 660 g/mol. The molecule has 0 radical (unpaired) electrons. The first-order valence-electron chi connectivity index (χ1n) is 17.1. The van der Waals surface area contributed by atoms with Gasteiger partial charge in [0, 0.05) is 53.4 Å². The number of hydrogen-bond acceptors (Lipinski definition) is 6. The quantitative estimate of drug-likeness (QED) is 0.248. The lowest BCUT2D eigenvalue weighted by Crippen LogP contribution is -3.10. The van der Waals surface area contributed by atoms with Crippen molar-refractivity contribution in [2.75, 3.05) is 24.5 Å². The van der Waals surface area contributed by atoms with Crippen LogP contribution in [0.1, 0.15) is 95.4 Å². The molecule has 0 amide bonds. The third-order valence-electron chi connectivity index (χ3n) is 10.4. The van der Waals surface area contributed by atoms with Crippen LogP contribution < -0.4 is 14.5 Å². The highest BCUT2D eigenvalue weighted by molar-refractivity contribution is 7.85. The maximum Gasteiger partial charge on any atom is 0.303 e. The summed E-state index contributed by atoms with van der Waals surface area (Å²) >= 11 is 0. The first-order chi connectivity index (χ1) is 22.2. The molecule has 8 nitrogen and oxygen atoms in total. The van der Waals surface area contributed by atoms with Crippen molar-refractivity contribution in [3.8, 4) is 5.75 Å². The molecule has 0 saturated carbocycles. The predicted molar refractivity (Wildman–Crippen MR) is 183 cm³/mol. The number of nitrogens with one attached hydrogen (secondary N) is 1. The highest BCUT2D eigenvalue weighted by Gasteiger charge is 2.48. The molecule has 4 aliphatic rings. The van der Waals surface area contributed by atoms with Crippen molar-refractivity contribution < 1.29 is 32.5 Å². The Morgan fingerprint density at radius 2 is 1.87 bits per heavy atom. The van der Waals surface area contributed by atoms with Crippen LogP contribution in [0.5, 0.6) is 5.75 Å². The number of quaternary nitrogens is 1. The Morgan fingerprint density at radius 1 is 1.13 bits per heavy atom. The van der Waals surface area contributed by atoms with E-state index < -0.39 is 21.5 Å². The maximum absolute atomic E-state index is 12.0. The summed E-state index contributed by atoms with van der Waals surface area (Å²) in [6, 6.07) is 7.07. The van der Waals surface area contributed by atoms with Gasteiger partial charge in [-0.2, -0.15) is 0 Å². The van der Waals surface area contributed by atoms with E-state index in [9.17, 15) is 17.8 Å². The Kier molecular flexibility index (Phi) is 8.96. The van der Waals surface area contributed by atoms with E-state index in [0.717, 1.165) is 92.1 Å². The number of unbranched alkanes of at least 4 members (excludes halogenated alkanes) is 2. The summed E-state index contributed by atoms with van der Waals surface area (Å²) in [4.78, 5) is 14.6. The first kappa shape index (κ1) is 33.5. The van der Waals surface area contributed by atoms with Crippen LogP contribution in [0.15, 0.2) is 59.2 Å². The third kappa shape index (κ3) is 6.54. The predicted octanol–water partition coefficient (Wildman–Crippen LogP) is 6.07. The fourth-order valence-corrected chi connectivity index (χ4v) is 8.47. The maximum atomic E-state index is 12.0. The summed E-state index contributed by atoms with van der Waals surface area (Å²) < 4.78 is 42.6. The van der Waals surface area contributed by atoms with E-state index in [-0.39, 0.29) is 22.8 Å². The first-order valence-corrected chi connectivity index (χ1v) is 18.5. The van der Waals surface area contributed by atoms with E-state index in [0.29, 0.717) is 6.42 Å². The van der Waals surface area contributed by atoms with E-state index in [2.05, 4.69) is 69.9 Å². The summed E-state index contributed by atoms with van der Waals surface area (Å²) in [7, 11) is -4.59. The number of ether oxygens (including phenoxy) is 1. The van der Waals surface area contributed by atoms with Crippen molar-refractivity contribution in [3.63, 3.8) is 0 Å². The van der Waals surface area contributed by atoms with Crippen molar-refractivity contribution in [1.29, 1.82) is 0 Å². The Labute approximate surface area is 279 Å². The van der Waals surface area contributed by atoms with Gasteiger partial charge in [-0.3, -0.25) is 9.69 Å². The zero-order valence-corrected chi connectivity index (χ0v) is 29.1. The number of anilines is 1. The molecular weight excluding hydrogens is 612 g/mol. The number of fused-ring (bicyclic) bond motifs is 3. The molecule has 2 N–H and O–H groups in total. The Hall–Kier alpha value is -3.40. The summed E-state index contributed by atoms with van der Waals surface area (Å²) in [6.45, 7) is 13.7. The normalized spacial score (nSPS) is 22.5. The third-order valence-corrected chi connectivity index (χ3v) is 11.2. The van der Waals surface area contributed by atoms with E-state index in [4.69, 9.17) is 9.84 Å². The topological polar surface area (TPSA) is 111 Å². The van der Waals surface area contributed by atoms with Crippen molar-refractivity contribution >= 4 is 33.0 Å². The molecule has 2 unspecified atom stereocenters. The molecule has 0 saturated heterocycles. The van der Waals surface area contributed by atoms with E-state index in [1.807, 2.05) is 0 Å². The second-order valence-electron chi connectivity index (χ2n) is 15.1. The SMILES string of the molecule is CC(C)(C)C1=C/C(=C\C=C\C2[NH+](CCCCCC(=O)O)c3ccc(S(=O)(=O)[O-])cc3C2(C)C)c2cc3c4c(c2O1)CCCN4CCC3. The average Bonchev–Trinajstić information content (AvgIpc) is 3.21. The number of hydrogen-bond donors (Lipinski definition) is 2. The van der Waals surface area contributed by atoms with Gasteiger partial charge in [-0.15, -0.1) is 0 Å². The molecule has 0 aromatic heterocycles. The number of carbonyl (C=O) groups is 1. The fraction of sp³-hybridized carbons (Fsp3) is 0.500. The fourth-order valence-electron chi connectivity index (χ4n) is 7.98. The number of benzene rings is 2. The number of allylic oxidation sites excluding steroid dienone is 5. The molecule has 252 valence electrons. The molecule has 0 bridgehead atoms. The molecule has 47 heavy (non-hydrogen) atoms. The standard InChI is InChI=1S/C38H48N2O6S/c1-37(2,3)33-23-25(29-22-26-13-10-19-39-20-11-14-28(35(26)39)36(29)46-33)12-9-15-32-38(4,5)30-24-27(47(43,44)45)17-18-31(30)40(32)21-8-6-7-16-34(41)42/h9,12,15,17-18,22-24,32H,6-8,10-11,13-14,16,19-21H2,1-5H3,(H,41,42)(H,43,44,45)/b15-9+,25-12+. The Morgan fingerprint density at radius 3 is 2.57 bits per heavy atom. The molecule has 0 fully saturated rings. The number of nitrogens with zero attached hydrogens (tertiary/aromatic N) is 1. The lowest BCUT2D eigenvalue weighted by Gasteiger charge is -2.40. The second kappa shape index (κ2) is 12.6. The average molecular weight is 661 g/mol. The van der Waals surface area contributed by atoms with Crippen LogP contribution in [-0.4, -0.2) is 49.7 Å². The molecule has 4 heterocycles. The van der Waals surface area contributed by atoms with Gasteiger partial charge in [0.05, 0.1) is 16.9 Å². The second-order valence-corrected chi connectivity index (χ2v) is 16.5. The highest BCUT2D eigenvalue weighted by atomic mass is 32.2. The molecule has 2 aromatic carbocycles. The van der Waals surface area contributed by atoms with Crippen LogP contribution in [-0.2, 0) is 33.2 Å². The van der Waals surface area contributed by atoms with Crippen molar-refractivity contribution in [3.05, 3.63) is 76.6 Å². The van der Waals surface area contributed by atoms with Gasteiger partial charge in [-0.05, 0) is 100 Å². The summed E-state index contributed by atoms with van der Waals surface area (Å²) in [5.41, 5.74) is 7.62. The molecule has 0 aliphatic carbocycles. The molecule has 2 atom stereocenters. The van der Waals surface area contributed by atoms with Gasteiger partial charge in [0.25, 0.3) is 0 Å². The van der Waals surface area contributed by atoms with E-state index in [1.54, 1.807) is 12.1 Å². The van der Waals surface area contributed by atoms with E-state index in [1.165, 1.54) is 27.8 Å². The van der Waals surface area contributed by atoms with E-state index >= 15 is 0 Å². The van der Waals surface area contributed by atoms with Gasteiger partial charge in [-0.25, -0.2) is 8.42 Å². The van der Waals surface area contributed by atoms with Gasteiger partial charge in [0.2, 0.25) is 0 Å². The molecule has 2 aromatic rings. The summed E-state index contributed by atoms with van der Waals surface area (Å²) in [5.74, 6) is 1.16. The molecule has 4 aliphatic heterocycles. The molecular formula is C38H48N2O6S. The van der Waals surface area contributed by atoms with Gasteiger partial charge in [0.1, 0.15) is 33.4 Å². The van der Waals surface area contributed by atoms with Gasteiger partial charge in [-0.1, -0.05) is 32.9 Å². The number of carboxylic acid groups (broad SMARTS) is 1. The minimum atomic E-state index is -4.59. The van der Waals surface area contributed by atoms with Gasteiger partial charge in [0.15, 0.2) is 0 Å². The highest BCUT2D eigenvalue weighted by Crippen LogP contribution is 2.49.